The van der Waals surface area contributed by atoms with Crippen LogP contribution in [-0.2, 0) is 11.3 Å². The van der Waals surface area contributed by atoms with Gasteiger partial charge in [0.2, 0.25) is 5.91 Å². The van der Waals surface area contributed by atoms with Crippen LogP contribution in [0.4, 0.5) is 5.69 Å². The molecule has 0 aromatic heterocycles. The molecule has 0 saturated carbocycles. The lowest BCUT2D eigenvalue weighted by Gasteiger charge is -2.37. The van der Waals surface area contributed by atoms with Crippen molar-refractivity contribution in [2.24, 2.45) is 5.73 Å². The van der Waals surface area contributed by atoms with E-state index in [0.29, 0.717) is 24.2 Å². The minimum absolute atomic E-state index is 0.0195. The Morgan fingerprint density at radius 2 is 1.97 bits per heavy atom. The number of halogens is 1. The summed E-state index contributed by atoms with van der Waals surface area (Å²) in [5, 5.41) is 23.8. The van der Waals surface area contributed by atoms with Crippen molar-refractivity contribution < 1.29 is 9.90 Å². The summed E-state index contributed by atoms with van der Waals surface area (Å²) in [5.74, 6) is 0.165. The Morgan fingerprint density at radius 1 is 1.23 bits per heavy atom. The number of piperidine rings is 1. The fourth-order valence-electron chi connectivity index (χ4n) is 3.84. The summed E-state index contributed by atoms with van der Waals surface area (Å²) >= 11 is 2.12. The first-order valence-corrected chi connectivity index (χ1v) is 10.8. The predicted octanol–water partition coefficient (Wildman–Crippen LogP) is 2.07. The molecule has 3 atom stereocenters. The van der Waals surface area contributed by atoms with Crippen LogP contribution in [0.1, 0.15) is 41.9 Å². The standard InChI is InChI=1S/C21H27IN6O2/c22-28-19-6-5-17(14-7-15(23)9-16(29)8-14)18(27-19)10-20(30)26-11-12-1-3-13(4-2-12)21(24)25/h1-4,7-9,17-19,27-29H,5-6,10-11,23H2,(H3,24,25)(H,26,30). The molecule has 30 heavy (non-hydrogen) atoms. The summed E-state index contributed by atoms with van der Waals surface area (Å²) in [6.07, 6.45) is 2.21. The third kappa shape index (κ3) is 5.83. The van der Waals surface area contributed by atoms with E-state index in [-0.39, 0.29) is 35.6 Å². The molecule has 160 valence electrons. The molecule has 1 aliphatic heterocycles. The molecular formula is C21H27IN6O2. The number of hydrogen-bond donors (Lipinski definition) is 7. The van der Waals surface area contributed by atoms with Gasteiger partial charge in [-0.3, -0.25) is 15.5 Å². The van der Waals surface area contributed by atoms with Crippen LogP contribution in [0, 0.1) is 5.41 Å². The average Bonchev–Trinajstić information content (AvgIpc) is 2.71. The van der Waals surface area contributed by atoms with E-state index in [0.717, 1.165) is 24.0 Å². The highest BCUT2D eigenvalue weighted by molar-refractivity contribution is 14.1. The number of hydrogen-bond acceptors (Lipinski definition) is 6. The summed E-state index contributed by atoms with van der Waals surface area (Å²) in [6.45, 7) is 0.404. The highest BCUT2D eigenvalue weighted by Crippen LogP contribution is 2.34. The van der Waals surface area contributed by atoms with E-state index >= 15 is 0 Å². The number of aromatic hydroxyl groups is 1. The van der Waals surface area contributed by atoms with E-state index in [4.69, 9.17) is 16.9 Å². The van der Waals surface area contributed by atoms with Gasteiger partial charge in [0.15, 0.2) is 0 Å². The zero-order chi connectivity index (χ0) is 21.7. The van der Waals surface area contributed by atoms with E-state index in [1.165, 1.54) is 6.07 Å². The Balaban J connectivity index is 1.65. The highest BCUT2D eigenvalue weighted by Gasteiger charge is 2.32. The molecule has 8 nitrogen and oxygen atoms in total. The quantitative estimate of drug-likeness (QED) is 0.0974. The Kier molecular flexibility index (Phi) is 7.51. The van der Waals surface area contributed by atoms with Crippen LogP contribution >= 0.6 is 22.9 Å². The maximum Gasteiger partial charge on any atom is 0.221 e. The Hall–Kier alpha value is -2.37. The summed E-state index contributed by atoms with van der Waals surface area (Å²) in [4.78, 5) is 12.7. The minimum Gasteiger partial charge on any atom is -0.508 e. The van der Waals surface area contributed by atoms with Gasteiger partial charge in [-0.15, -0.1) is 0 Å². The van der Waals surface area contributed by atoms with E-state index in [2.05, 4.69) is 37.0 Å². The van der Waals surface area contributed by atoms with Crippen molar-refractivity contribution in [1.82, 2.24) is 14.2 Å². The van der Waals surface area contributed by atoms with E-state index in [9.17, 15) is 9.90 Å². The first-order valence-electron chi connectivity index (χ1n) is 9.77. The zero-order valence-corrected chi connectivity index (χ0v) is 18.6. The average molecular weight is 522 g/mol. The number of amides is 1. The maximum atomic E-state index is 12.7. The van der Waals surface area contributed by atoms with Gasteiger partial charge < -0.3 is 21.9 Å². The molecular weight excluding hydrogens is 495 g/mol. The number of benzene rings is 2. The second-order valence-electron chi connectivity index (χ2n) is 7.57. The van der Waals surface area contributed by atoms with Gasteiger partial charge in [-0.25, -0.2) is 3.53 Å². The number of anilines is 1. The van der Waals surface area contributed by atoms with Gasteiger partial charge in [-0.2, -0.15) is 0 Å². The number of amidine groups is 1. The van der Waals surface area contributed by atoms with Gasteiger partial charge in [0.1, 0.15) is 11.6 Å². The molecule has 1 aliphatic rings. The van der Waals surface area contributed by atoms with E-state index < -0.39 is 0 Å². The van der Waals surface area contributed by atoms with Crippen molar-refractivity contribution in [1.29, 1.82) is 5.41 Å². The second-order valence-corrected chi connectivity index (χ2v) is 8.19. The molecule has 0 spiro atoms. The number of phenols is 1. The van der Waals surface area contributed by atoms with Crippen LogP contribution in [0.3, 0.4) is 0 Å². The van der Waals surface area contributed by atoms with Crippen LogP contribution in [0.2, 0.25) is 0 Å². The molecule has 0 bridgehead atoms. The van der Waals surface area contributed by atoms with Gasteiger partial charge in [-0.1, -0.05) is 24.3 Å². The van der Waals surface area contributed by atoms with E-state index in [1.807, 2.05) is 18.2 Å². The second kappa shape index (κ2) is 10.1. The van der Waals surface area contributed by atoms with Crippen molar-refractivity contribution in [3.8, 4) is 5.75 Å². The molecule has 0 radical (unpaired) electrons. The lowest BCUT2D eigenvalue weighted by atomic mass is 9.82. The topological polar surface area (TPSA) is 149 Å². The first-order chi connectivity index (χ1) is 14.4. The largest absolute Gasteiger partial charge is 0.508 e. The molecule has 9 N–H and O–H groups in total. The molecule has 1 amide bonds. The van der Waals surface area contributed by atoms with E-state index in [1.54, 1.807) is 18.2 Å². The van der Waals surface area contributed by atoms with Crippen molar-refractivity contribution in [3.63, 3.8) is 0 Å². The van der Waals surface area contributed by atoms with Crippen LogP contribution in [0.15, 0.2) is 42.5 Å². The van der Waals surface area contributed by atoms with Crippen LogP contribution in [0.5, 0.6) is 5.75 Å². The smallest absolute Gasteiger partial charge is 0.221 e. The van der Waals surface area contributed by atoms with Crippen molar-refractivity contribution in [2.45, 2.75) is 43.9 Å². The van der Waals surface area contributed by atoms with Crippen LogP contribution in [-0.4, -0.2) is 29.1 Å². The number of nitrogens with one attached hydrogen (secondary N) is 4. The van der Waals surface area contributed by atoms with Crippen LogP contribution < -0.4 is 25.6 Å². The lowest BCUT2D eigenvalue weighted by Crippen LogP contribution is -2.52. The van der Waals surface area contributed by atoms with Gasteiger partial charge >= 0.3 is 0 Å². The molecule has 2 aromatic carbocycles. The van der Waals surface area contributed by atoms with Gasteiger partial charge in [0.25, 0.3) is 0 Å². The number of nitrogens with two attached hydrogens (primary N) is 2. The number of nitrogen functional groups attached to an aromatic ring is 2. The Bertz CT molecular complexity index is 885. The number of carbonyl (C=O) groups excluding carboxylic acids is 1. The number of phenolic OH excluding ortho intramolecular Hbond substituents is 1. The Morgan fingerprint density at radius 3 is 2.60 bits per heavy atom. The molecule has 1 heterocycles. The molecule has 0 aliphatic carbocycles. The molecule has 3 unspecified atom stereocenters. The monoisotopic (exact) mass is 522 g/mol. The van der Waals surface area contributed by atoms with Crippen molar-refractivity contribution in [2.75, 3.05) is 5.73 Å². The summed E-state index contributed by atoms with van der Waals surface area (Å²) in [7, 11) is 0. The predicted molar refractivity (Wildman–Crippen MR) is 126 cm³/mol. The minimum atomic E-state index is -0.0905. The fraction of sp³-hybridized carbons (Fsp3) is 0.333. The lowest BCUT2D eigenvalue weighted by molar-refractivity contribution is -0.122. The third-order valence-electron chi connectivity index (χ3n) is 5.35. The zero-order valence-electron chi connectivity index (χ0n) is 16.5. The van der Waals surface area contributed by atoms with Gasteiger partial charge in [-0.05, 0) is 36.1 Å². The number of rotatable bonds is 7. The Labute approximate surface area is 189 Å². The maximum absolute atomic E-state index is 12.7. The summed E-state index contributed by atoms with van der Waals surface area (Å²) in [5.41, 5.74) is 14.4. The van der Waals surface area contributed by atoms with Gasteiger partial charge in [0.05, 0.1) is 6.17 Å². The molecule has 9 heteroatoms. The third-order valence-corrected chi connectivity index (χ3v) is 6.10. The fourth-order valence-corrected chi connectivity index (χ4v) is 4.33. The van der Waals surface area contributed by atoms with Crippen LogP contribution in [0.25, 0.3) is 0 Å². The van der Waals surface area contributed by atoms with Crippen molar-refractivity contribution >= 4 is 40.3 Å². The molecule has 1 saturated heterocycles. The molecule has 2 aromatic rings. The number of carbonyl (C=O) groups is 1. The normalized spacial score (nSPS) is 21.2. The SMILES string of the molecule is N=C(N)c1ccc(CNC(=O)CC2NC(NI)CCC2c2cc(N)cc(O)c2)cc1. The van der Waals surface area contributed by atoms with Crippen molar-refractivity contribution in [3.05, 3.63) is 59.2 Å². The molecule has 3 rings (SSSR count). The highest BCUT2D eigenvalue weighted by atomic mass is 127. The van der Waals surface area contributed by atoms with Gasteiger partial charge in [0, 0.05) is 65.1 Å². The molecule has 1 fully saturated rings. The first kappa shape index (κ1) is 22.3. The summed E-state index contributed by atoms with van der Waals surface area (Å²) in [6, 6.07) is 12.3. The summed E-state index contributed by atoms with van der Waals surface area (Å²) < 4.78 is 3.20.